The number of pyridine rings is 1. The van der Waals surface area contributed by atoms with Gasteiger partial charge in [0, 0.05) is 30.8 Å². The molecule has 26 heavy (non-hydrogen) atoms. The Bertz CT molecular complexity index is 699. The zero-order valence-electron chi connectivity index (χ0n) is 14.1. The number of benzene rings is 1. The maximum Gasteiger partial charge on any atom is 0.223 e. The Hall–Kier alpha value is -1.89. The number of carbonyl (C=O) groups is 1. The maximum atomic E-state index is 12.8. The second-order valence-electron chi connectivity index (χ2n) is 6.05. The molecule has 142 valence electrons. The smallest absolute Gasteiger partial charge is 0.223 e. The molecule has 0 aliphatic heterocycles. The van der Waals surface area contributed by atoms with Crippen LogP contribution in [-0.4, -0.2) is 16.9 Å². The van der Waals surface area contributed by atoms with E-state index in [4.69, 9.17) is 10.5 Å². The molecule has 2 atom stereocenters. The first-order valence-electron chi connectivity index (χ1n) is 8.02. The average molecular weight is 402 g/mol. The first kappa shape index (κ1) is 22.2. The van der Waals surface area contributed by atoms with E-state index in [0.717, 1.165) is 24.8 Å². The van der Waals surface area contributed by atoms with E-state index in [1.165, 1.54) is 24.3 Å². The lowest BCUT2D eigenvalue weighted by atomic mass is 10.1. The van der Waals surface area contributed by atoms with Crippen LogP contribution in [0.2, 0.25) is 0 Å². The summed E-state index contributed by atoms with van der Waals surface area (Å²) in [6.45, 7) is 0.425. The van der Waals surface area contributed by atoms with E-state index in [1.54, 1.807) is 12.3 Å². The van der Waals surface area contributed by atoms with Gasteiger partial charge in [0.1, 0.15) is 11.6 Å². The van der Waals surface area contributed by atoms with E-state index in [-0.39, 0.29) is 48.5 Å². The first-order valence-corrected chi connectivity index (χ1v) is 8.02. The highest BCUT2D eigenvalue weighted by Gasteiger charge is 2.27. The summed E-state index contributed by atoms with van der Waals surface area (Å²) in [6.07, 6.45) is 4.18. The number of aromatic nitrogens is 1. The summed E-state index contributed by atoms with van der Waals surface area (Å²) in [5, 5.41) is 2.92. The van der Waals surface area contributed by atoms with Crippen LogP contribution in [0.1, 0.15) is 24.8 Å². The summed E-state index contributed by atoms with van der Waals surface area (Å²) in [4.78, 5) is 16.3. The molecule has 1 aliphatic carbocycles. The van der Waals surface area contributed by atoms with Gasteiger partial charge in [0.05, 0.1) is 0 Å². The van der Waals surface area contributed by atoms with Crippen LogP contribution in [0, 0.1) is 11.7 Å². The number of hydrogen-bond acceptors (Lipinski definition) is 4. The molecule has 0 bridgehead atoms. The molecular weight excluding hydrogens is 380 g/mol. The first-order chi connectivity index (χ1) is 11.6. The Morgan fingerprint density at radius 3 is 2.50 bits per heavy atom. The number of nitrogens with zero attached hydrogens (tertiary/aromatic N) is 1. The van der Waals surface area contributed by atoms with Gasteiger partial charge in [-0.25, -0.2) is 9.37 Å². The van der Waals surface area contributed by atoms with Gasteiger partial charge in [-0.15, -0.1) is 24.8 Å². The standard InChI is InChI=1S/C18H20FN3O2.2ClH/c19-14-3-6-16(7-4-14)24-17-8-1-12(10-21-17)11-22-18(23)13-2-5-15(20)9-13;;/h1,3-4,6-8,10,13,15H,2,5,9,11,20H2,(H,22,23);2*1H. The number of hydrogen-bond donors (Lipinski definition) is 2. The van der Waals surface area contributed by atoms with Crippen molar-refractivity contribution in [2.24, 2.45) is 11.7 Å². The second-order valence-corrected chi connectivity index (χ2v) is 6.05. The van der Waals surface area contributed by atoms with Crippen LogP contribution in [0.15, 0.2) is 42.6 Å². The van der Waals surface area contributed by atoms with E-state index < -0.39 is 0 Å². The van der Waals surface area contributed by atoms with Crippen molar-refractivity contribution >= 4 is 30.7 Å². The molecule has 2 aromatic rings. The van der Waals surface area contributed by atoms with Crippen LogP contribution in [-0.2, 0) is 11.3 Å². The third-order valence-corrected chi connectivity index (χ3v) is 4.14. The van der Waals surface area contributed by atoms with Crippen LogP contribution in [0.3, 0.4) is 0 Å². The van der Waals surface area contributed by atoms with Gasteiger partial charge in [-0.2, -0.15) is 0 Å². The molecule has 1 fully saturated rings. The maximum absolute atomic E-state index is 12.8. The molecule has 5 nitrogen and oxygen atoms in total. The van der Waals surface area contributed by atoms with Crippen molar-refractivity contribution in [3.8, 4) is 11.6 Å². The number of nitrogens with two attached hydrogens (primary N) is 1. The van der Waals surface area contributed by atoms with Gasteiger partial charge >= 0.3 is 0 Å². The Kier molecular flexibility index (Phi) is 8.78. The van der Waals surface area contributed by atoms with Crippen molar-refractivity contribution in [2.75, 3.05) is 0 Å². The predicted octanol–water partition coefficient (Wildman–Crippen LogP) is 3.60. The van der Waals surface area contributed by atoms with Gasteiger partial charge in [0.25, 0.3) is 0 Å². The molecule has 0 saturated heterocycles. The normalized spacial score (nSPS) is 18.4. The molecule has 3 N–H and O–H groups in total. The fraction of sp³-hybridized carbons (Fsp3) is 0.333. The van der Waals surface area contributed by atoms with Crippen molar-refractivity contribution in [3.63, 3.8) is 0 Å². The molecule has 1 aliphatic rings. The lowest BCUT2D eigenvalue weighted by Gasteiger charge is -2.11. The number of carbonyl (C=O) groups excluding carboxylic acids is 1. The molecule has 1 aromatic heterocycles. The van der Waals surface area contributed by atoms with Gasteiger partial charge < -0.3 is 15.8 Å². The molecule has 1 amide bonds. The number of nitrogens with one attached hydrogen (secondary N) is 1. The molecule has 1 saturated carbocycles. The Morgan fingerprint density at radius 2 is 1.92 bits per heavy atom. The Balaban J connectivity index is 0.00000169. The minimum absolute atomic E-state index is 0. The average Bonchev–Trinajstić information content (AvgIpc) is 3.03. The van der Waals surface area contributed by atoms with Gasteiger partial charge in [0.2, 0.25) is 11.8 Å². The highest BCUT2D eigenvalue weighted by atomic mass is 35.5. The quantitative estimate of drug-likeness (QED) is 0.801. The van der Waals surface area contributed by atoms with Crippen LogP contribution in [0.4, 0.5) is 4.39 Å². The molecule has 1 heterocycles. The van der Waals surface area contributed by atoms with Crippen LogP contribution in [0.5, 0.6) is 11.6 Å². The van der Waals surface area contributed by atoms with Crippen molar-refractivity contribution in [1.82, 2.24) is 10.3 Å². The summed E-state index contributed by atoms with van der Waals surface area (Å²) < 4.78 is 18.4. The predicted molar refractivity (Wildman–Crippen MR) is 102 cm³/mol. The van der Waals surface area contributed by atoms with Crippen molar-refractivity contribution in [1.29, 1.82) is 0 Å². The number of ether oxygens (including phenoxy) is 1. The van der Waals surface area contributed by atoms with E-state index in [2.05, 4.69) is 10.3 Å². The van der Waals surface area contributed by atoms with Crippen LogP contribution >= 0.6 is 24.8 Å². The third kappa shape index (κ3) is 6.12. The topological polar surface area (TPSA) is 77.2 Å². The monoisotopic (exact) mass is 401 g/mol. The summed E-state index contributed by atoms with van der Waals surface area (Å²) in [5.41, 5.74) is 6.72. The Labute approximate surface area is 164 Å². The van der Waals surface area contributed by atoms with E-state index >= 15 is 0 Å². The van der Waals surface area contributed by atoms with Gasteiger partial charge in [-0.05, 0) is 49.1 Å². The van der Waals surface area contributed by atoms with Crippen molar-refractivity contribution in [3.05, 3.63) is 54.0 Å². The summed E-state index contributed by atoms with van der Waals surface area (Å²) >= 11 is 0. The zero-order valence-corrected chi connectivity index (χ0v) is 15.7. The molecule has 1 aromatic carbocycles. The minimum atomic E-state index is -0.315. The largest absolute Gasteiger partial charge is 0.439 e. The van der Waals surface area contributed by atoms with Crippen LogP contribution < -0.4 is 15.8 Å². The summed E-state index contributed by atoms with van der Waals surface area (Å²) in [7, 11) is 0. The summed E-state index contributed by atoms with van der Waals surface area (Å²) in [6, 6.07) is 9.44. The van der Waals surface area contributed by atoms with Gasteiger partial charge in [0.15, 0.2) is 0 Å². The highest BCUT2D eigenvalue weighted by Crippen LogP contribution is 2.24. The van der Waals surface area contributed by atoms with E-state index in [1.807, 2.05) is 6.07 Å². The number of rotatable bonds is 5. The lowest BCUT2D eigenvalue weighted by molar-refractivity contribution is -0.125. The SMILES string of the molecule is Cl.Cl.NC1CCC(C(=O)NCc2ccc(Oc3ccc(F)cc3)nc2)C1. The minimum Gasteiger partial charge on any atom is -0.439 e. The third-order valence-electron chi connectivity index (χ3n) is 4.14. The second kappa shape index (κ2) is 10.3. The van der Waals surface area contributed by atoms with Crippen LogP contribution in [0.25, 0.3) is 0 Å². The number of amides is 1. The molecule has 0 spiro atoms. The molecule has 2 unspecified atom stereocenters. The fourth-order valence-electron chi connectivity index (χ4n) is 2.79. The van der Waals surface area contributed by atoms with Gasteiger partial charge in [-0.1, -0.05) is 6.07 Å². The molecular formula is C18H22Cl2FN3O2. The van der Waals surface area contributed by atoms with Crippen molar-refractivity contribution in [2.45, 2.75) is 31.8 Å². The molecule has 8 heteroatoms. The van der Waals surface area contributed by atoms with E-state index in [0.29, 0.717) is 18.2 Å². The van der Waals surface area contributed by atoms with Crippen molar-refractivity contribution < 1.29 is 13.9 Å². The highest BCUT2D eigenvalue weighted by molar-refractivity contribution is 5.85. The Morgan fingerprint density at radius 1 is 1.19 bits per heavy atom. The molecule has 0 radical (unpaired) electrons. The lowest BCUT2D eigenvalue weighted by Crippen LogP contribution is -2.30. The summed E-state index contributed by atoms with van der Waals surface area (Å²) in [5.74, 6) is 0.689. The number of halogens is 3. The molecule has 3 rings (SSSR count). The van der Waals surface area contributed by atoms with Gasteiger partial charge in [-0.3, -0.25) is 4.79 Å². The zero-order chi connectivity index (χ0) is 16.9. The van der Waals surface area contributed by atoms with E-state index in [9.17, 15) is 9.18 Å². The fourth-order valence-corrected chi connectivity index (χ4v) is 2.79.